The SMILES string of the molecule is [B]c1cn2cc(-c3cccnc3)nc2cn1. The molecule has 3 rings (SSSR count). The molecule has 3 aromatic rings. The van der Waals surface area contributed by atoms with Gasteiger partial charge in [-0.2, -0.15) is 0 Å². The van der Waals surface area contributed by atoms with Crippen LogP contribution in [0, 0.1) is 0 Å². The van der Waals surface area contributed by atoms with E-state index in [0.29, 0.717) is 5.59 Å². The lowest BCUT2D eigenvalue weighted by Gasteiger charge is -1.92. The minimum absolute atomic E-state index is 0.475. The van der Waals surface area contributed by atoms with Gasteiger partial charge in [-0.05, 0) is 12.1 Å². The monoisotopic (exact) mass is 206 g/mol. The lowest BCUT2D eigenvalue weighted by Crippen LogP contribution is -2.09. The van der Waals surface area contributed by atoms with Crippen LogP contribution in [0.2, 0.25) is 0 Å². The number of fused-ring (bicyclic) bond motifs is 1. The number of hydrogen-bond donors (Lipinski definition) is 0. The predicted molar refractivity (Wildman–Crippen MR) is 61.6 cm³/mol. The standard InChI is InChI=1S/C11H7BN4/c12-10-7-16-6-9(15-11(16)5-14-10)8-2-1-3-13-4-8/h1-7H. The zero-order chi connectivity index (χ0) is 11.0. The summed E-state index contributed by atoms with van der Waals surface area (Å²) in [5, 5.41) is 0. The molecule has 2 radical (unpaired) electrons. The Morgan fingerprint density at radius 2 is 2.12 bits per heavy atom. The third kappa shape index (κ3) is 1.46. The summed E-state index contributed by atoms with van der Waals surface area (Å²) < 4.78 is 1.85. The molecular formula is C11H7BN4. The third-order valence-electron chi connectivity index (χ3n) is 2.32. The topological polar surface area (TPSA) is 43.1 Å². The zero-order valence-corrected chi connectivity index (χ0v) is 8.41. The van der Waals surface area contributed by atoms with E-state index in [2.05, 4.69) is 15.0 Å². The Labute approximate surface area is 93.4 Å². The fraction of sp³-hybridized carbons (Fsp3) is 0. The largest absolute Gasteiger partial charge is 0.304 e. The Hall–Kier alpha value is -2.17. The zero-order valence-electron chi connectivity index (χ0n) is 8.41. The summed E-state index contributed by atoms with van der Waals surface area (Å²) >= 11 is 0. The highest BCUT2D eigenvalue weighted by Crippen LogP contribution is 2.16. The molecule has 3 heterocycles. The summed E-state index contributed by atoms with van der Waals surface area (Å²) in [6.45, 7) is 0. The molecule has 0 spiro atoms. The molecule has 0 aromatic carbocycles. The molecule has 0 N–H and O–H groups in total. The molecule has 0 atom stereocenters. The van der Waals surface area contributed by atoms with Crippen molar-refractivity contribution < 1.29 is 0 Å². The average molecular weight is 206 g/mol. The quantitative estimate of drug-likeness (QED) is 0.547. The number of hydrogen-bond acceptors (Lipinski definition) is 3. The first-order chi connectivity index (χ1) is 7.83. The summed E-state index contributed by atoms with van der Waals surface area (Å²) in [4.78, 5) is 12.5. The second-order valence-corrected chi connectivity index (χ2v) is 3.45. The Kier molecular flexibility index (Phi) is 1.96. The Morgan fingerprint density at radius 1 is 1.19 bits per heavy atom. The van der Waals surface area contributed by atoms with Gasteiger partial charge in [-0.3, -0.25) is 9.97 Å². The molecule has 0 saturated carbocycles. The van der Waals surface area contributed by atoms with Crippen LogP contribution in [-0.4, -0.2) is 27.2 Å². The fourth-order valence-electron chi connectivity index (χ4n) is 1.57. The molecule has 0 bridgehead atoms. The van der Waals surface area contributed by atoms with Crippen molar-refractivity contribution >= 4 is 19.1 Å². The smallest absolute Gasteiger partial charge is 0.155 e. The number of rotatable bonds is 1. The molecule has 74 valence electrons. The molecule has 0 aliphatic rings. The van der Waals surface area contributed by atoms with E-state index < -0.39 is 0 Å². The van der Waals surface area contributed by atoms with E-state index in [1.165, 1.54) is 0 Å². The summed E-state index contributed by atoms with van der Waals surface area (Å²) in [7, 11) is 5.60. The first-order valence-corrected chi connectivity index (χ1v) is 4.83. The Bertz CT molecular complexity index is 633. The van der Waals surface area contributed by atoms with Crippen LogP contribution in [0.1, 0.15) is 0 Å². The number of aromatic nitrogens is 4. The van der Waals surface area contributed by atoms with Crippen LogP contribution in [-0.2, 0) is 0 Å². The minimum Gasteiger partial charge on any atom is -0.304 e. The highest BCUT2D eigenvalue weighted by atomic mass is 15.0. The van der Waals surface area contributed by atoms with Crippen molar-refractivity contribution in [1.82, 2.24) is 19.4 Å². The Balaban J connectivity index is 2.19. The number of pyridine rings is 1. The number of nitrogens with zero attached hydrogens (tertiary/aromatic N) is 4. The summed E-state index contributed by atoms with van der Waals surface area (Å²) in [6.07, 6.45) is 8.80. The predicted octanol–water partition coefficient (Wildman–Crippen LogP) is 0.585. The summed E-state index contributed by atoms with van der Waals surface area (Å²) in [5.74, 6) is 0. The number of imidazole rings is 1. The third-order valence-corrected chi connectivity index (χ3v) is 2.32. The molecule has 0 aliphatic carbocycles. The molecule has 0 aliphatic heterocycles. The van der Waals surface area contributed by atoms with Crippen LogP contribution in [0.5, 0.6) is 0 Å². The molecule has 4 nitrogen and oxygen atoms in total. The maximum Gasteiger partial charge on any atom is 0.155 e. The minimum atomic E-state index is 0.475. The summed E-state index contributed by atoms with van der Waals surface area (Å²) in [5.41, 5.74) is 3.08. The van der Waals surface area contributed by atoms with Crippen molar-refractivity contribution in [3.63, 3.8) is 0 Å². The van der Waals surface area contributed by atoms with Crippen LogP contribution in [0.15, 0.2) is 43.1 Å². The van der Waals surface area contributed by atoms with Gasteiger partial charge in [-0.25, -0.2) is 4.98 Å². The van der Waals surface area contributed by atoms with Gasteiger partial charge in [0.2, 0.25) is 0 Å². The second kappa shape index (κ2) is 3.45. The van der Waals surface area contributed by atoms with Crippen LogP contribution < -0.4 is 5.59 Å². The maximum absolute atomic E-state index is 5.60. The van der Waals surface area contributed by atoms with Crippen LogP contribution in [0.4, 0.5) is 0 Å². The molecule has 16 heavy (non-hydrogen) atoms. The van der Waals surface area contributed by atoms with Crippen molar-refractivity contribution in [3.05, 3.63) is 43.1 Å². The Morgan fingerprint density at radius 3 is 2.94 bits per heavy atom. The highest BCUT2D eigenvalue weighted by Gasteiger charge is 2.03. The van der Waals surface area contributed by atoms with Gasteiger partial charge < -0.3 is 4.40 Å². The van der Waals surface area contributed by atoms with Gasteiger partial charge in [0.05, 0.1) is 11.9 Å². The lowest BCUT2D eigenvalue weighted by molar-refractivity contribution is 1.15. The van der Waals surface area contributed by atoms with Gasteiger partial charge in [0, 0.05) is 35.9 Å². The average Bonchev–Trinajstić information content (AvgIpc) is 2.73. The van der Waals surface area contributed by atoms with Crippen LogP contribution >= 0.6 is 0 Å². The lowest BCUT2D eigenvalue weighted by atomic mass is 10.1. The van der Waals surface area contributed by atoms with E-state index >= 15 is 0 Å². The fourth-order valence-corrected chi connectivity index (χ4v) is 1.57. The van der Waals surface area contributed by atoms with Crippen molar-refractivity contribution in [2.24, 2.45) is 0 Å². The normalized spacial score (nSPS) is 10.8. The maximum atomic E-state index is 5.60. The second-order valence-electron chi connectivity index (χ2n) is 3.45. The van der Waals surface area contributed by atoms with Gasteiger partial charge in [0.1, 0.15) is 7.85 Å². The first kappa shape index (κ1) is 9.09. The first-order valence-electron chi connectivity index (χ1n) is 4.83. The van der Waals surface area contributed by atoms with E-state index in [9.17, 15) is 0 Å². The molecule has 0 amide bonds. The van der Waals surface area contributed by atoms with E-state index in [0.717, 1.165) is 16.9 Å². The highest BCUT2D eigenvalue weighted by molar-refractivity contribution is 6.30. The molecular weight excluding hydrogens is 199 g/mol. The van der Waals surface area contributed by atoms with Crippen molar-refractivity contribution in [3.8, 4) is 11.3 Å². The van der Waals surface area contributed by atoms with E-state index in [1.54, 1.807) is 24.8 Å². The summed E-state index contributed by atoms with van der Waals surface area (Å²) in [6, 6.07) is 3.84. The molecule has 0 saturated heterocycles. The molecule has 0 unspecified atom stereocenters. The van der Waals surface area contributed by atoms with Crippen molar-refractivity contribution in [2.45, 2.75) is 0 Å². The van der Waals surface area contributed by atoms with Gasteiger partial charge in [-0.1, -0.05) is 0 Å². The van der Waals surface area contributed by atoms with Crippen molar-refractivity contribution in [1.29, 1.82) is 0 Å². The van der Waals surface area contributed by atoms with E-state index in [4.69, 9.17) is 7.85 Å². The van der Waals surface area contributed by atoms with Gasteiger partial charge in [-0.15, -0.1) is 0 Å². The van der Waals surface area contributed by atoms with E-state index in [1.807, 2.05) is 22.7 Å². The molecule has 5 heteroatoms. The van der Waals surface area contributed by atoms with E-state index in [-0.39, 0.29) is 0 Å². The van der Waals surface area contributed by atoms with Gasteiger partial charge >= 0.3 is 0 Å². The van der Waals surface area contributed by atoms with Crippen LogP contribution in [0.25, 0.3) is 16.9 Å². The van der Waals surface area contributed by atoms with Gasteiger partial charge in [0.15, 0.2) is 5.65 Å². The van der Waals surface area contributed by atoms with Gasteiger partial charge in [0.25, 0.3) is 0 Å². The van der Waals surface area contributed by atoms with Crippen molar-refractivity contribution in [2.75, 3.05) is 0 Å². The molecule has 0 fully saturated rings. The molecule has 3 aromatic heterocycles. The van der Waals surface area contributed by atoms with Crippen LogP contribution in [0.3, 0.4) is 0 Å².